The lowest BCUT2D eigenvalue weighted by Gasteiger charge is -2.16. The Hall–Kier alpha value is -1.15. The lowest BCUT2D eigenvalue weighted by atomic mass is 10.3. The van der Waals surface area contributed by atoms with Gasteiger partial charge in [-0.15, -0.1) is 0 Å². The molecule has 0 bridgehead atoms. The Labute approximate surface area is 126 Å². The Kier molecular flexibility index (Phi) is 5.58. The summed E-state index contributed by atoms with van der Waals surface area (Å²) in [5, 5.41) is 3.12. The van der Waals surface area contributed by atoms with Crippen LogP contribution >= 0.6 is 0 Å². The first-order chi connectivity index (χ1) is 10.1. The first-order valence-corrected chi connectivity index (χ1v) is 8.41. The number of nitrogens with zero attached hydrogens (tertiary/aromatic N) is 1. The molecule has 7 heteroatoms. The summed E-state index contributed by atoms with van der Waals surface area (Å²) >= 11 is 0. The van der Waals surface area contributed by atoms with Crippen molar-refractivity contribution in [3.63, 3.8) is 0 Å². The maximum atomic E-state index is 12.5. The molecule has 0 spiro atoms. The molecule has 0 radical (unpaired) electrons. The van der Waals surface area contributed by atoms with Gasteiger partial charge < -0.3 is 14.8 Å². The Morgan fingerprint density at radius 2 is 2.00 bits per heavy atom. The number of rotatable bonds is 7. The van der Waals surface area contributed by atoms with E-state index < -0.39 is 10.0 Å². The molecule has 1 unspecified atom stereocenters. The summed E-state index contributed by atoms with van der Waals surface area (Å²) < 4.78 is 36.9. The van der Waals surface area contributed by atoms with Crippen LogP contribution in [0.3, 0.4) is 0 Å². The van der Waals surface area contributed by atoms with Gasteiger partial charge in [0.1, 0.15) is 12.4 Å². The maximum Gasteiger partial charge on any atom is 0.243 e. The van der Waals surface area contributed by atoms with Crippen molar-refractivity contribution in [1.82, 2.24) is 9.62 Å². The van der Waals surface area contributed by atoms with Crippen molar-refractivity contribution in [3.05, 3.63) is 24.3 Å². The quantitative estimate of drug-likeness (QED) is 0.750. The van der Waals surface area contributed by atoms with Crippen LogP contribution in [0.1, 0.15) is 6.42 Å². The van der Waals surface area contributed by atoms with Crippen molar-refractivity contribution in [2.75, 3.05) is 40.5 Å². The van der Waals surface area contributed by atoms with Crippen LogP contribution in [0.2, 0.25) is 0 Å². The molecular weight excluding hydrogens is 292 g/mol. The molecule has 2 rings (SSSR count). The third kappa shape index (κ3) is 3.94. The maximum absolute atomic E-state index is 12.5. The molecule has 21 heavy (non-hydrogen) atoms. The largest absolute Gasteiger partial charge is 0.491 e. The molecule has 0 amide bonds. The molecule has 0 aliphatic carbocycles. The monoisotopic (exact) mass is 314 g/mol. The second-order valence-electron chi connectivity index (χ2n) is 4.95. The van der Waals surface area contributed by atoms with Crippen molar-refractivity contribution in [3.8, 4) is 5.75 Å². The lowest BCUT2D eigenvalue weighted by Crippen LogP contribution is -2.33. The van der Waals surface area contributed by atoms with Crippen molar-refractivity contribution < 1.29 is 17.9 Å². The topological polar surface area (TPSA) is 67.9 Å². The SMILES string of the molecule is CNC1CCN(S(=O)(=O)c2ccc(OCCOC)cc2)C1. The molecule has 1 fully saturated rings. The van der Waals surface area contributed by atoms with Gasteiger partial charge in [0.2, 0.25) is 10.0 Å². The van der Waals surface area contributed by atoms with Crippen molar-refractivity contribution in [2.24, 2.45) is 0 Å². The molecule has 1 heterocycles. The summed E-state index contributed by atoms with van der Waals surface area (Å²) in [5.74, 6) is 0.639. The molecule has 1 aliphatic rings. The zero-order valence-corrected chi connectivity index (χ0v) is 13.2. The molecule has 1 atom stereocenters. The van der Waals surface area contributed by atoms with Gasteiger partial charge >= 0.3 is 0 Å². The van der Waals surface area contributed by atoms with E-state index >= 15 is 0 Å². The smallest absolute Gasteiger partial charge is 0.243 e. The molecule has 1 saturated heterocycles. The van der Waals surface area contributed by atoms with Crippen LogP contribution in [-0.4, -0.2) is 59.2 Å². The van der Waals surface area contributed by atoms with Gasteiger partial charge in [0.05, 0.1) is 11.5 Å². The number of hydrogen-bond donors (Lipinski definition) is 1. The Balaban J connectivity index is 2.03. The van der Waals surface area contributed by atoms with Gasteiger partial charge in [-0.05, 0) is 37.7 Å². The van der Waals surface area contributed by atoms with Gasteiger partial charge in [0, 0.05) is 26.2 Å². The number of sulfonamides is 1. The van der Waals surface area contributed by atoms with E-state index in [0.29, 0.717) is 36.9 Å². The Bertz CT molecular complexity index is 545. The number of hydrogen-bond acceptors (Lipinski definition) is 5. The molecule has 0 saturated carbocycles. The first-order valence-electron chi connectivity index (χ1n) is 6.97. The third-order valence-electron chi connectivity index (χ3n) is 3.58. The van der Waals surface area contributed by atoms with Gasteiger partial charge in [0.15, 0.2) is 0 Å². The zero-order chi connectivity index (χ0) is 15.3. The Morgan fingerprint density at radius 3 is 2.57 bits per heavy atom. The fourth-order valence-electron chi connectivity index (χ4n) is 2.28. The highest BCUT2D eigenvalue weighted by molar-refractivity contribution is 7.89. The minimum atomic E-state index is -3.41. The normalized spacial score (nSPS) is 19.8. The van der Waals surface area contributed by atoms with Gasteiger partial charge in [-0.25, -0.2) is 8.42 Å². The van der Waals surface area contributed by atoms with Crippen LogP contribution in [-0.2, 0) is 14.8 Å². The van der Waals surface area contributed by atoms with Gasteiger partial charge in [-0.3, -0.25) is 0 Å². The number of nitrogens with one attached hydrogen (secondary N) is 1. The second-order valence-corrected chi connectivity index (χ2v) is 6.89. The summed E-state index contributed by atoms with van der Waals surface area (Å²) in [6.07, 6.45) is 0.841. The molecule has 1 N–H and O–H groups in total. The molecular formula is C14H22N2O4S. The third-order valence-corrected chi connectivity index (χ3v) is 5.46. The Morgan fingerprint density at radius 1 is 1.29 bits per heavy atom. The van der Waals surface area contributed by atoms with Crippen LogP contribution in [0, 0.1) is 0 Å². The minimum absolute atomic E-state index is 0.233. The molecule has 118 valence electrons. The highest BCUT2D eigenvalue weighted by Gasteiger charge is 2.31. The van der Waals surface area contributed by atoms with Crippen LogP contribution in [0.15, 0.2) is 29.2 Å². The van der Waals surface area contributed by atoms with Crippen molar-refractivity contribution in [1.29, 1.82) is 0 Å². The van der Waals surface area contributed by atoms with E-state index in [4.69, 9.17) is 9.47 Å². The average Bonchev–Trinajstić information content (AvgIpc) is 2.98. The minimum Gasteiger partial charge on any atom is -0.491 e. The van der Waals surface area contributed by atoms with Crippen LogP contribution in [0.5, 0.6) is 5.75 Å². The number of methoxy groups -OCH3 is 1. The van der Waals surface area contributed by atoms with E-state index in [0.717, 1.165) is 6.42 Å². The van der Waals surface area contributed by atoms with E-state index in [2.05, 4.69) is 5.32 Å². The predicted octanol–water partition coefficient (Wildman–Crippen LogP) is 0.694. The number of likely N-dealkylation sites (N-methyl/N-ethyl adjacent to an activating group) is 1. The predicted molar refractivity (Wildman–Crippen MR) is 80.0 cm³/mol. The van der Waals surface area contributed by atoms with Crippen LogP contribution < -0.4 is 10.1 Å². The first kappa shape index (κ1) is 16.2. The summed E-state index contributed by atoms with van der Waals surface area (Å²) in [6.45, 7) is 2.02. The summed E-state index contributed by atoms with van der Waals surface area (Å²) in [7, 11) is 0.0482. The molecule has 0 aromatic heterocycles. The van der Waals surface area contributed by atoms with Crippen molar-refractivity contribution in [2.45, 2.75) is 17.4 Å². The average molecular weight is 314 g/mol. The molecule has 1 aromatic rings. The lowest BCUT2D eigenvalue weighted by molar-refractivity contribution is 0.146. The van der Waals surface area contributed by atoms with E-state index in [1.54, 1.807) is 31.4 Å². The van der Waals surface area contributed by atoms with Gasteiger partial charge in [-0.2, -0.15) is 4.31 Å². The van der Waals surface area contributed by atoms with Gasteiger partial charge in [-0.1, -0.05) is 0 Å². The van der Waals surface area contributed by atoms with E-state index in [9.17, 15) is 8.42 Å². The molecule has 1 aliphatic heterocycles. The summed E-state index contributed by atoms with van der Waals surface area (Å²) in [4.78, 5) is 0.304. The number of ether oxygens (including phenoxy) is 2. The standard InChI is InChI=1S/C14H22N2O4S/c1-15-12-7-8-16(11-12)21(17,18)14-5-3-13(4-6-14)20-10-9-19-2/h3-6,12,15H,7-11H2,1-2H3. The molecule has 1 aromatic carbocycles. The van der Waals surface area contributed by atoms with E-state index in [1.807, 2.05) is 7.05 Å². The van der Waals surface area contributed by atoms with Gasteiger partial charge in [0.25, 0.3) is 0 Å². The van der Waals surface area contributed by atoms with Crippen LogP contribution in [0.25, 0.3) is 0 Å². The van der Waals surface area contributed by atoms with Crippen LogP contribution in [0.4, 0.5) is 0 Å². The highest BCUT2D eigenvalue weighted by atomic mass is 32.2. The van der Waals surface area contributed by atoms with E-state index in [1.165, 1.54) is 4.31 Å². The number of benzene rings is 1. The molecule has 6 nitrogen and oxygen atoms in total. The fourth-order valence-corrected chi connectivity index (χ4v) is 3.78. The van der Waals surface area contributed by atoms with E-state index in [-0.39, 0.29) is 6.04 Å². The fraction of sp³-hybridized carbons (Fsp3) is 0.571. The summed E-state index contributed by atoms with van der Waals surface area (Å²) in [6, 6.07) is 6.76. The highest BCUT2D eigenvalue weighted by Crippen LogP contribution is 2.23. The zero-order valence-electron chi connectivity index (χ0n) is 12.4. The summed E-state index contributed by atoms with van der Waals surface area (Å²) in [5.41, 5.74) is 0. The second kappa shape index (κ2) is 7.22. The van der Waals surface area contributed by atoms with Crippen molar-refractivity contribution >= 4 is 10.0 Å².